The summed E-state index contributed by atoms with van der Waals surface area (Å²) in [4.78, 5) is 40.3. The molecule has 1 aliphatic carbocycles. The van der Waals surface area contributed by atoms with E-state index in [9.17, 15) is 14.4 Å². The average Bonchev–Trinajstić information content (AvgIpc) is 3.34. The Labute approximate surface area is 187 Å². The average molecular weight is 440 g/mol. The highest BCUT2D eigenvalue weighted by atomic mass is 32.1. The van der Waals surface area contributed by atoms with Gasteiger partial charge in [0.25, 0.3) is 0 Å². The van der Waals surface area contributed by atoms with Gasteiger partial charge in [-0.3, -0.25) is 14.4 Å². The predicted octanol–water partition coefficient (Wildman–Crippen LogP) is 4.22. The summed E-state index contributed by atoms with van der Waals surface area (Å²) in [6.45, 7) is 1.16. The molecule has 1 aromatic carbocycles. The van der Waals surface area contributed by atoms with Crippen LogP contribution in [0, 0.1) is 0 Å². The number of hydrogen-bond acceptors (Lipinski definition) is 4. The van der Waals surface area contributed by atoms with Crippen LogP contribution in [0.1, 0.15) is 56.2 Å². The lowest BCUT2D eigenvalue weighted by Crippen LogP contribution is -2.45. The van der Waals surface area contributed by atoms with Crippen molar-refractivity contribution in [2.24, 2.45) is 0 Å². The number of anilines is 2. The third kappa shape index (κ3) is 4.98. The first-order valence-electron chi connectivity index (χ1n) is 11.1. The second-order valence-corrected chi connectivity index (χ2v) is 9.46. The minimum Gasteiger partial charge on any atom is -0.347 e. The summed E-state index contributed by atoms with van der Waals surface area (Å²) in [5.74, 6) is -1.21. The third-order valence-corrected chi connectivity index (χ3v) is 7.50. The summed E-state index contributed by atoms with van der Waals surface area (Å²) >= 11 is 1.72. The molecule has 7 heteroatoms. The van der Waals surface area contributed by atoms with Crippen LogP contribution in [-0.4, -0.2) is 30.8 Å². The van der Waals surface area contributed by atoms with E-state index in [1.165, 1.54) is 11.3 Å². The molecule has 0 spiro atoms. The van der Waals surface area contributed by atoms with Gasteiger partial charge in [-0.15, -0.1) is 11.3 Å². The molecule has 0 radical (unpaired) electrons. The number of amides is 3. The molecule has 31 heavy (non-hydrogen) atoms. The van der Waals surface area contributed by atoms with Crippen molar-refractivity contribution >= 4 is 40.4 Å². The normalized spacial score (nSPS) is 18.5. The molecule has 1 aliphatic heterocycles. The summed E-state index contributed by atoms with van der Waals surface area (Å²) in [6, 6.07) is 11.3. The molecule has 6 nitrogen and oxygen atoms in total. The molecule has 4 rings (SSSR count). The Bertz CT molecular complexity index is 935. The van der Waals surface area contributed by atoms with E-state index in [1.807, 2.05) is 12.1 Å². The molecule has 2 fully saturated rings. The molecule has 2 N–H and O–H groups in total. The highest BCUT2D eigenvalue weighted by Crippen LogP contribution is 2.41. The van der Waals surface area contributed by atoms with Crippen molar-refractivity contribution in [1.29, 1.82) is 0 Å². The molecular weight excluding hydrogens is 410 g/mol. The number of rotatable bonds is 5. The van der Waals surface area contributed by atoms with Crippen molar-refractivity contribution in [2.45, 2.75) is 56.8 Å². The zero-order valence-electron chi connectivity index (χ0n) is 17.7. The van der Waals surface area contributed by atoms with Crippen LogP contribution in [0.3, 0.4) is 0 Å². The summed E-state index contributed by atoms with van der Waals surface area (Å²) in [5, 5.41) is 7.63. The van der Waals surface area contributed by atoms with E-state index in [0.29, 0.717) is 25.2 Å². The van der Waals surface area contributed by atoms with E-state index in [4.69, 9.17) is 0 Å². The first-order valence-corrected chi connectivity index (χ1v) is 12.0. The smallest absolute Gasteiger partial charge is 0.313 e. The zero-order chi connectivity index (χ0) is 21.7. The van der Waals surface area contributed by atoms with Gasteiger partial charge in [-0.05, 0) is 55.3 Å². The van der Waals surface area contributed by atoms with Crippen molar-refractivity contribution < 1.29 is 14.4 Å². The van der Waals surface area contributed by atoms with Gasteiger partial charge in [0.2, 0.25) is 5.91 Å². The molecule has 2 aliphatic rings. The van der Waals surface area contributed by atoms with Gasteiger partial charge in [-0.25, -0.2) is 0 Å². The van der Waals surface area contributed by atoms with Crippen LogP contribution in [0.4, 0.5) is 11.4 Å². The summed E-state index contributed by atoms with van der Waals surface area (Å²) in [6.07, 6.45) is 7.99. The van der Waals surface area contributed by atoms with Crippen molar-refractivity contribution in [3.63, 3.8) is 0 Å². The van der Waals surface area contributed by atoms with Gasteiger partial charge in [0.1, 0.15) is 0 Å². The maximum absolute atomic E-state index is 12.6. The first-order chi connectivity index (χ1) is 15.1. The standard InChI is InChI=1S/C24H29N3O3S/c28-21-11-2-5-14-27(21)19-9-6-8-18(16-19)26-23(30)22(29)25-17-24(12-3-1-4-13-24)20-10-7-15-31-20/h6-10,15-16H,1-5,11-14,17H2,(H,25,29)(H,26,30). The van der Waals surface area contributed by atoms with Crippen molar-refractivity contribution in [3.8, 4) is 0 Å². The second-order valence-electron chi connectivity index (χ2n) is 8.51. The SMILES string of the molecule is O=C(NCC1(c2cccs2)CCCCC1)C(=O)Nc1cccc(N2CCCCC2=O)c1. The van der Waals surface area contributed by atoms with Crippen molar-refractivity contribution in [2.75, 3.05) is 23.3 Å². The zero-order valence-corrected chi connectivity index (χ0v) is 18.5. The molecule has 0 bridgehead atoms. The lowest BCUT2D eigenvalue weighted by molar-refractivity contribution is -0.136. The van der Waals surface area contributed by atoms with E-state index < -0.39 is 11.8 Å². The van der Waals surface area contributed by atoms with Crippen LogP contribution in [0.25, 0.3) is 0 Å². The maximum Gasteiger partial charge on any atom is 0.313 e. The van der Waals surface area contributed by atoms with Gasteiger partial charge in [0, 0.05) is 41.2 Å². The number of piperidine rings is 1. The molecular formula is C24H29N3O3S. The van der Waals surface area contributed by atoms with Gasteiger partial charge < -0.3 is 15.5 Å². The van der Waals surface area contributed by atoms with Crippen LogP contribution in [0.5, 0.6) is 0 Å². The molecule has 0 atom stereocenters. The molecule has 2 aromatic rings. The van der Waals surface area contributed by atoms with E-state index in [2.05, 4.69) is 22.1 Å². The summed E-state index contributed by atoms with van der Waals surface area (Å²) in [7, 11) is 0. The van der Waals surface area contributed by atoms with E-state index in [0.717, 1.165) is 44.2 Å². The van der Waals surface area contributed by atoms with E-state index in [-0.39, 0.29) is 11.3 Å². The molecule has 1 saturated heterocycles. The van der Waals surface area contributed by atoms with E-state index >= 15 is 0 Å². The van der Waals surface area contributed by atoms with Crippen LogP contribution in [0.2, 0.25) is 0 Å². The fraction of sp³-hybridized carbons (Fsp3) is 0.458. The fourth-order valence-corrected chi connectivity index (χ4v) is 5.65. The summed E-state index contributed by atoms with van der Waals surface area (Å²) in [5.41, 5.74) is 1.19. The van der Waals surface area contributed by atoms with Gasteiger partial charge in [0.15, 0.2) is 0 Å². The number of carbonyl (C=O) groups excluding carboxylic acids is 3. The van der Waals surface area contributed by atoms with Crippen molar-refractivity contribution in [1.82, 2.24) is 5.32 Å². The summed E-state index contributed by atoms with van der Waals surface area (Å²) < 4.78 is 0. The molecule has 0 unspecified atom stereocenters. The van der Waals surface area contributed by atoms with Crippen LogP contribution >= 0.6 is 11.3 Å². The number of thiophene rings is 1. The number of benzene rings is 1. The topological polar surface area (TPSA) is 78.5 Å². The monoisotopic (exact) mass is 439 g/mol. The maximum atomic E-state index is 12.6. The number of nitrogens with zero attached hydrogens (tertiary/aromatic N) is 1. The highest BCUT2D eigenvalue weighted by Gasteiger charge is 2.35. The van der Waals surface area contributed by atoms with E-state index in [1.54, 1.807) is 34.4 Å². The number of hydrogen-bond donors (Lipinski definition) is 2. The molecule has 164 valence electrons. The second kappa shape index (κ2) is 9.64. The lowest BCUT2D eigenvalue weighted by Gasteiger charge is -2.36. The van der Waals surface area contributed by atoms with Crippen LogP contribution in [-0.2, 0) is 19.8 Å². The predicted molar refractivity (Wildman–Crippen MR) is 123 cm³/mol. The first kappa shape index (κ1) is 21.6. The third-order valence-electron chi connectivity index (χ3n) is 6.39. The molecule has 2 heterocycles. The Morgan fingerprint density at radius 3 is 2.58 bits per heavy atom. The van der Waals surface area contributed by atoms with Gasteiger partial charge >= 0.3 is 11.8 Å². The van der Waals surface area contributed by atoms with Gasteiger partial charge in [0.05, 0.1) is 0 Å². The van der Waals surface area contributed by atoms with Crippen LogP contribution in [0.15, 0.2) is 41.8 Å². The van der Waals surface area contributed by atoms with Crippen LogP contribution < -0.4 is 15.5 Å². The Morgan fingerprint density at radius 1 is 1.00 bits per heavy atom. The fourth-order valence-electron chi connectivity index (χ4n) is 4.67. The Balaban J connectivity index is 1.38. The Morgan fingerprint density at radius 2 is 1.84 bits per heavy atom. The number of nitrogens with one attached hydrogen (secondary N) is 2. The molecule has 1 saturated carbocycles. The Hall–Kier alpha value is -2.67. The largest absolute Gasteiger partial charge is 0.347 e. The molecule has 1 aromatic heterocycles. The Kier molecular flexibility index (Phi) is 6.70. The highest BCUT2D eigenvalue weighted by molar-refractivity contribution is 7.10. The molecule has 3 amide bonds. The van der Waals surface area contributed by atoms with Gasteiger partial charge in [-0.2, -0.15) is 0 Å². The van der Waals surface area contributed by atoms with Gasteiger partial charge in [-0.1, -0.05) is 31.4 Å². The minimum atomic E-state index is -0.681. The van der Waals surface area contributed by atoms with Crippen molar-refractivity contribution in [3.05, 3.63) is 46.7 Å². The lowest BCUT2D eigenvalue weighted by atomic mass is 9.73. The number of carbonyl (C=O) groups is 3. The quantitative estimate of drug-likeness (QED) is 0.685. The minimum absolute atomic E-state index is 0.0725.